The third-order valence-corrected chi connectivity index (χ3v) is 4.31. The molecule has 0 saturated carbocycles. The second-order valence-corrected chi connectivity index (χ2v) is 6.53. The van der Waals surface area contributed by atoms with Crippen LogP contribution in [0.1, 0.15) is 21.5 Å². The fraction of sp³-hybridized carbons (Fsp3) is 0.250. The van der Waals surface area contributed by atoms with Crippen LogP contribution in [0.15, 0.2) is 48.5 Å². The van der Waals surface area contributed by atoms with Crippen molar-refractivity contribution in [3.8, 4) is 5.75 Å². The van der Waals surface area contributed by atoms with Crippen molar-refractivity contribution in [3.05, 3.63) is 65.2 Å². The lowest BCUT2D eigenvalue weighted by Gasteiger charge is -2.15. The average Bonchev–Trinajstić information content (AvgIpc) is 3.03. The normalized spacial score (nSPS) is 13.9. The van der Waals surface area contributed by atoms with Crippen molar-refractivity contribution in [1.82, 2.24) is 15.5 Å². The molecule has 3 rings (SSSR count). The van der Waals surface area contributed by atoms with Gasteiger partial charge in [0.15, 0.2) is 6.61 Å². The number of halogens is 3. The predicted octanol–water partition coefficient (Wildman–Crippen LogP) is 2.61. The molecule has 7 nitrogen and oxygen atoms in total. The highest BCUT2D eigenvalue weighted by molar-refractivity contribution is 6.02. The number of alkyl halides is 3. The number of ether oxygens (including phenoxy) is 1. The van der Waals surface area contributed by atoms with E-state index in [-0.39, 0.29) is 31.3 Å². The van der Waals surface area contributed by atoms with E-state index in [4.69, 9.17) is 0 Å². The van der Waals surface area contributed by atoms with Crippen LogP contribution in [-0.4, -0.2) is 42.1 Å². The summed E-state index contributed by atoms with van der Waals surface area (Å²) in [6, 6.07) is 12.0. The zero-order valence-electron chi connectivity index (χ0n) is 15.7. The summed E-state index contributed by atoms with van der Waals surface area (Å²) in [4.78, 5) is 37.1. The fourth-order valence-corrected chi connectivity index (χ4v) is 2.81. The van der Waals surface area contributed by atoms with Crippen LogP contribution in [0.4, 0.5) is 18.0 Å². The van der Waals surface area contributed by atoms with E-state index in [1.54, 1.807) is 36.4 Å². The zero-order chi connectivity index (χ0) is 21.7. The summed E-state index contributed by atoms with van der Waals surface area (Å²) in [6.07, 6.45) is -4.42. The molecule has 2 N–H and O–H groups in total. The van der Waals surface area contributed by atoms with Crippen LogP contribution in [0, 0.1) is 0 Å². The number of imide groups is 1. The summed E-state index contributed by atoms with van der Waals surface area (Å²) in [7, 11) is 0. The number of rotatable bonds is 7. The molecule has 0 atom stereocenters. The average molecular weight is 421 g/mol. The summed E-state index contributed by atoms with van der Waals surface area (Å²) < 4.78 is 41.2. The van der Waals surface area contributed by atoms with Gasteiger partial charge in [0, 0.05) is 12.1 Å². The van der Waals surface area contributed by atoms with Gasteiger partial charge in [-0.2, -0.15) is 13.2 Å². The first kappa shape index (κ1) is 21.2. The molecule has 1 aliphatic heterocycles. The van der Waals surface area contributed by atoms with Crippen LogP contribution in [0.5, 0.6) is 5.75 Å². The molecule has 1 aliphatic rings. The number of benzene rings is 2. The van der Waals surface area contributed by atoms with Crippen molar-refractivity contribution in [2.45, 2.75) is 19.3 Å². The highest BCUT2D eigenvalue weighted by Gasteiger charge is 2.29. The van der Waals surface area contributed by atoms with Gasteiger partial charge in [-0.15, -0.1) is 0 Å². The molecule has 10 heteroatoms. The number of carbonyl (C=O) groups is 3. The Morgan fingerprint density at radius 3 is 2.43 bits per heavy atom. The second kappa shape index (κ2) is 8.85. The smallest absolute Gasteiger partial charge is 0.422 e. The SMILES string of the molecule is O=C(NCc1ccc(OCC(F)(F)F)cc1)c1ccccc1CN1C(=O)CNC1=O. The third-order valence-electron chi connectivity index (χ3n) is 4.31. The summed E-state index contributed by atoms with van der Waals surface area (Å²) >= 11 is 0. The van der Waals surface area contributed by atoms with E-state index in [0.29, 0.717) is 16.7 Å². The number of carbonyl (C=O) groups excluding carboxylic acids is 3. The number of urea groups is 1. The van der Waals surface area contributed by atoms with Gasteiger partial charge in [0.2, 0.25) is 5.91 Å². The maximum atomic E-state index is 12.6. The molecule has 2 aromatic carbocycles. The van der Waals surface area contributed by atoms with E-state index in [1.807, 2.05) is 0 Å². The minimum absolute atomic E-state index is 0.0283. The van der Waals surface area contributed by atoms with E-state index < -0.39 is 24.7 Å². The van der Waals surface area contributed by atoms with E-state index in [2.05, 4.69) is 15.4 Å². The zero-order valence-corrected chi connectivity index (χ0v) is 15.7. The van der Waals surface area contributed by atoms with Crippen LogP contribution in [-0.2, 0) is 17.9 Å². The van der Waals surface area contributed by atoms with E-state index >= 15 is 0 Å². The van der Waals surface area contributed by atoms with Gasteiger partial charge in [0.1, 0.15) is 5.75 Å². The van der Waals surface area contributed by atoms with Crippen LogP contribution in [0.25, 0.3) is 0 Å². The molecule has 2 aromatic rings. The molecule has 1 heterocycles. The van der Waals surface area contributed by atoms with Crippen molar-refractivity contribution in [2.24, 2.45) is 0 Å². The molecule has 0 unspecified atom stereocenters. The summed E-state index contributed by atoms with van der Waals surface area (Å²) in [5.74, 6) is -0.709. The lowest BCUT2D eigenvalue weighted by Crippen LogP contribution is -2.32. The van der Waals surface area contributed by atoms with Crippen LogP contribution in [0.2, 0.25) is 0 Å². The first-order valence-electron chi connectivity index (χ1n) is 8.96. The van der Waals surface area contributed by atoms with Crippen molar-refractivity contribution in [3.63, 3.8) is 0 Å². The standard InChI is InChI=1S/C20H18F3N3O4/c21-20(22,23)12-30-15-7-5-13(6-8-15)9-24-18(28)16-4-2-1-3-14(16)11-26-17(27)10-25-19(26)29/h1-8H,9-12H2,(H,24,28)(H,25,29). The quantitative estimate of drug-likeness (QED) is 0.673. The molecule has 0 spiro atoms. The Morgan fingerprint density at radius 1 is 1.10 bits per heavy atom. The number of hydrogen-bond acceptors (Lipinski definition) is 4. The lowest BCUT2D eigenvalue weighted by atomic mass is 10.1. The highest BCUT2D eigenvalue weighted by Crippen LogP contribution is 2.19. The number of nitrogens with one attached hydrogen (secondary N) is 2. The third kappa shape index (κ3) is 5.49. The van der Waals surface area contributed by atoms with Crippen molar-refractivity contribution in [1.29, 1.82) is 0 Å². The predicted molar refractivity (Wildman–Crippen MR) is 99.6 cm³/mol. The Labute approximate surface area is 169 Å². The Bertz CT molecular complexity index is 929. The molecule has 30 heavy (non-hydrogen) atoms. The number of hydrogen-bond donors (Lipinski definition) is 2. The van der Waals surface area contributed by atoms with Gasteiger partial charge >= 0.3 is 12.2 Å². The minimum atomic E-state index is -4.42. The lowest BCUT2D eigenvalue weighted by molar-refractivity contribution is -0.153. The molecule has 158 valence electrons. The van der Waals surface area contributed by atoms with Gasteiger partial charge in [-0.1, -0.05) is 30.3 Å². The van der Waals surface area contributed by atoms with Gasteiger partial charge in [-0.05, 0) is 29.3 Å². The Kier molecular flexibility index (Phi) is 6.24. The van der Waals surface area contributed by atoms with Crippen LogP contribution < -0.4 is 15.4 Å². The fourth-order valence-electron chi connectivity index (χ4n) is 2.81. The van der Waals surface area contributed by atoms with Gasteiger partial charge in [0.25, 0.3) is 5.91 Å². The van der Waals surface area contributed by atoms with Crippen molar-refractivity contribution >= 4 is 17.8 Å². The van der Waals surface area contributed by atoms with E-state index in [0.717, 1.165) is 4.90 Å². The second-order valence-electron chi connectivity index (χ2n) is 6.53. The first-order valence-corrected chi connectivity index (χ1v) is 8.96. The molecule has 0 aliphatic carbocycles. The summed E-state index contributed by atoms with van der Waals surface area (Å²) in [6.45, 7) is -1.34. The molecule has 1 fully saturated rings. The topological polar surface area (TPSA) is 87.7 Å². The Morgan fingerprint density at radius 2 is 1.80 bits per heavy atom. The Hall–Kier alpha value is -3.56. The van der Waals surface area contributed by atoms with Crippen LogP contribution >= 0.6 is 0 Å². The van der Waals surface area contributed by atoms with Crippen molar-refractivity contribution in [2.75, 3.05) is 13.2 Å². The van der Waals surface area contributed by atoms with Gasteiger partial charge in [0.05, 0.1) is 13.1 Å². The van der Waals surface area contributed by atoms with Gasteiger partial charge < -0.3 is 15.4 Å². The number of amides is 4. The molecule has 0 bridgehead atoms. The molecule has 1 saturated heterocycles. The maximum absolute atomic E-state index is 12.6. The van der Waals surface area contributed by atoms with E-state index in [9.17, 15) is 27.6 Å². The number of nitrogens with zero attached hydrogens (tertiary/aromatic N) is 1. The van der Waals surface area contributed by atoms with Gasteiger partial charge in [-0.25, -0.2) is 4.79 Å². The van der Waals surface area contributed by atoms with E-state index in [1.165, 1.54) is 12.1 Å². The molecular weight excluding hydrogens is 403 g/mol. The monoisotopic (exact) mass is 421 g/mol. The molecule has 4 amide bonds. The Balaban J connectivity index is 1.60. The first-order chi connectivity index (χ1) is 14.2. The highest BCUT2D eigenvalue weighted by atomic mass is 19.4. The van der Waals surface area contributed by atoms with Gasteiger partial charge in [-0.3, -0.25) is 14.5 Å². The summed E-state index contributed by atoms with van der Waals surface area (Å²) in [5, 5.41) is 5.14. The van der Waals surface area contributed by atoms with Crippen LogP contribution in [0.3, 0.4) is 0 Å². The molecule has 0 aromatic heterocycles. The minimum Gasteiger partial charge on any atom is -0.484 e. The maximum Gasteiger partial charge on any atom is 0.422 e. The molecule has 0 radical (unpaired) electrons. The largest absolute Gasteiger partial charge is 0.484 e. The molecular formula is C20H18F3N3O4. The van der Waals surface area contributed by atoms with Crippen molar-refractivity contribution < 1.29 is 32.3 Å². The summed E-state index contributed by atoms with van der Waals surface area (Å²) in [5.41, 5.74) is 1.49.